The molecule has 102 valence electrons. The van der Waals surface area contributed by atoms with Crippen molar-refractivity contribution in [3.05, 3.63) is 41.7 Å². The summed E-state index contributed by atoms with van der Waals surface area (Å²) in [4.78, 5) is 6.27. The zero-order valence-corrected chi connectivity index (χ0v) is 12.9. The van der Waals surface area contributed by atoms with Gasteiger partial charge in [0.1, 0.15) is 0 Å². The van der Waals surface area contributed by atoms with Crippen molar-refractivity contribution in [3.8, 4) is 0 Å². The molecule has 0 unspecified atom stereocenters. The van der Waals surface area contributed by atoms with E-state index in [0.29, 0.717) is 11.6 Å². The molecule has 2 atom stereocenters. The summed E-state index contributed by atoms with van der Waals surface area (Å²) in [7, 11) is 2.85. The number of hydrogen-bond donors (Lipinski definition) is 0. The normalized spacial score (nSPS) is 14.1. The molecule has 0 amide bonds. The van der Waals surface area contributed by atoms with Gasteiger partial charge in [0, 0.05) is 36.4 Å². The molecule has 0 aliphatic rings. The minimum atomic E-state index is -1.00. The maximum absolute atomic E-state index is 12.3. The lowest BCUT2D eigenvalue weighted by Crippen LogP contribution is -2.09. The number of anilines is 1. The van der Waals surface area contributed by atoms with Gasteiger partial charge in [0.15, 0.2) is 5.82 Å². The summed E-state index contributed by atoms with van der Waals surface area (Å²) in [6, 6.07) is 9.90. The summed E-state index contributed by atoms with van der Waals surface area (Å²) in [5.74, 6) is 1.07. The Balaban J connectivity index is 2.04. The third kappa shape index (κ3) is 3.61. The summed E-state index contributed by atoms with van der Waals surface area (Å²) >= 11 is 1.34. The van der Waals surface area contributed by atoms with Crippen molar-refractivity contribution in [1.82, 2.24) is 9.36 Å². The standard InChI is InChI=1S/C13H17N3OS2/c1-10(11-7-5-4-6-8-11)19(17)9-12-14-13(16(2)3)18-15-12/h4-8,10H,9H2,1-3H3/t10-,19-/m1/s1. The lowest BCUT2D eigenvalue weighted by atomic mass is 10.2. The molecule has 0 spiro atoms. The Morgan fingerprint density at radius 3 is 2.58 bits per heavy atom. The van der Waals surface area contributed by atoms with Crippen LogP contribution in [0.2, 0.25) is 0 Å². The van der Waals surface area contributed by atoms with Gasteiger partial charge < -0.3 is 4.90 Å². The maximum Gasteiger partial charge on any atom is 0.204 e. The van der Waals surface area contributed by atoms with Crippen molar-refractivity contribution >= 4 is 27.5 Å². The zero-order chi connectivity index (χ0) is 13.8. The zero-order valence-electron chi connectivity index (χ0n) is 11.2. The van der Waals surface area contributed by atoms with Crippen molar-refractivity contribution in [2.24, 2.45) is 0 Å². The minimum Gasteiger partial charge on any atom is -0.353 e. The lowest BCUT2D eigenvalue weighted by molar-refractivity contribution is 0.674. The Kier molecular flexibility index (Phi) is 4.66. The van der Waals surface area contributed by atoms with E-state index in [0.717, 1.165) is 10.7 Å². The van der Waals surface area contributed by atoms with E-state index in [9.17, 15) is 4.21 Å². The van der Waals surface area contributed by atoms with Crippen LogP contribution in [-0.2, 0) is 16.6 Å². The molecule has 0 fully saturated rings. The fourth-order valence-corrected chi connectivity index (χ4v) is 3.39. The van der Waals surface area contributed by atoms with E-state index in [2.05, 4.69) is 9.36 Å². The van der Waals surface area contributed by atoms with E-state index in [-0.39, 0.29) is 5.25 Å². The van der Waals surface area contributed by atoms with Crippen molar-refractivity contribution in [3.63, 3.8) is 0 Å². The van der Waals surface area contributed by atoms with Crippen molar-refractivity contribution < 1.29 is 4.21 Å². The lowest BCUT2D eigenvalue weighted by Gasteiger charge is -2.10. The second-order valence-electron chi connectivity index (χ2n) is 4.47. The van der Waals surface area contributed by atoms with Crippen molar-refractivity contribution in [2.45, 2.75) is 17.9 Å². The molecule has 0 aliphatic heterocycles. The Bertz CT molecular complexity index is 554. The molecule has 0 saturated carbocycles. The Labute approximate surface area is 120 Å². The first kappa shape index (κ1) is 14.1. The number of aromatic nitrogens is 2. The predicted molar refractivity (Wildman–Crippen MR) is 80.9 cm³/mol. The van der Waals surface area contributed by atoms with E-state index < -0.39 is 10.8 Å². The molecule has 2 rings (SSSR count). The minimum absolute atomic E-state index is 0.00694. The van der Waals surface area contributed by atoms with Gasteiger partial charge in [-0.05, 0) is 12.5 Å². The predicted octanol–water partition coefficient (Wildman–Crippen LogP) is 2.61. The monoisotopic (exact) mass is 295 g/mol. The van der Waals surface area contributed by atoms with Gasteiger partial charge in [-0.25, -0.2) is 4.98 Å². The SMILES string of the molecule is C[C@H](c1ccccc1)[S@](=O)Cc1nsc(N(C)C)n1. The molecule has 2 aromatic rings. The Hall–Kier alpha value is -1.27. The molecule has 0 bridgehead atoms. The highest BCUT2D eigenvalue weighted by molar-refractivity contribution is 7.84. The highest BCUT2D eigenvalue weighted by atomic mass is 32.2. The molecular weight excluding hydrogens is 278 g/mol. The van der Waals surface area contributed by atoms with Crippen molar-refractivity contribution in [2.75, 3.05) is 19.0 Å². The van der Waals surface area contributed by atoms with Gasteiger partial charge in [-0.3, -0.25) is 4.21 Å². The molecule has 0 aliphatic carbocycles. The Morgan fingerprint density at radius 1 is 1.32 bits per heavy atom. The molecule has 6 heteroatoms. The average molecular weight is 295 g/mol. The van der Waals surface area contributed by atoms with Crippen LogP contribution in [0.25, 0.3) is 0 Å². The van der Waals surface area contributed by atoms with Crippen molar-refractivity contribution in [1.29, 1.82) is 0 Å². The first-order valence-electron chi connectivity index (χ1n) is 6.00. The van der Waals surface area contributed by atoms with Gasteiger partial charge in [0.2, 0.25) is 5.13 Å². The molecule has 0 radical (unpaired) electrons. The first-order chi connectivity index (χ1) is 9.08. The second-order valence-corrected chi connectivity index (χ2v) is 6.95. The summed E-state index contributed by atoms with van der Waals surface area (Å²) in [5, 5.41) is 0.840. The van der Waals surface area contributed by atoms with E-state index in [1.165, 1.54) is 11.5 Å². The topological polar surface area (TPSA) is 46.1 Å². The average Bonchev–Trinajstić information content (AvgIpc) is 2.87. The Morgan fingerprint density at radius 2 is 2.00 bits per heavy atom. The molecule has 1 aromatic heterocycles. The quantitative estimate of drug-likeness (QED) is 0.850. The van der Waals surface area contributed by atoms with Crippen LogP contribution in [0.15, 0.2) is 30.3 Å². The number of benzene rings is 1. The van der Waals surface area contributed by atoms with Crippen LogP contribution in [0, 0.1) is 0 Å². The number of nitrogens with zero attached hydrogens (tertiary/aromatic N) is 3. The van der Waals surface area contributed by atoms with Gasteiger partial charge in [0.05, 0.1) is 11.0 Å². The van der Waals surface area contributed by atoms with Gasteiger partial charge >= 0.3 is 0 Å². The van der Waals surface area contributed by atoms with Gasteiger partial charge in [-0.15, -0.1) is 0 Å². The number of hydrogen-bond acceptors (Lipinski definition) is 5. The van der Waals surface area contributed by atoms with E-state index in [1.54, 1.807) is 0 Å². The van der Waals surface area contributed by atoms with Crippen LogP contribution in [0.5, 0.6) is 0 Å². The van der Waals surface area contributed by atoms with Gasteiger partial charge in [0.25, 0.3) is 0 Å². The molecule has 19 heavy (non-hydrogen) atoms. The summed E-state index contributed by atoms with van der Waals surface area (Å²) in [5.41, 5.74) is 1.09. The third-order valence-corrected chi connectivity index (χ3v) is 5.30. The van der Waals surface area contributed by atoms with Crippen LogP contribution in [0.1, 0.15) is 23.6 Å². The van der Waals surface area contributed by atoms with Crippen LogP contribution in [0.4, 0.5) is 5.13 Å². The van der Waals surface area contributed by atoms with E-state index in [4.69, 9.17) is 0 Å². The van der Waals surface area contributed by atoms with E-state index in [1.807, 2.05) is 56.3 Å². The molecule has 4 nitrogen and oxygen atoms in total. The number of rotatable bonds is 5. The smallest absolute Gasteiger partial charge is 0.204 e. The van der Waals surface area contributed by atoms with Crippen LogP contribution in [0.3, 0.4) is 0 Å². The van der Waals surface area contributed by atoms with Gasteiger partial charge in [-0.1, -0.05) is 30.3 Å². The molecular formula is C13H17N3OS2. The first-order valence-corrected chi connectivity index (χ1v) is 8.15. The summed E-state index contributed by atoms with van der Waals surface area (Å²) in [6.07, 6.45) is 0. The fourth-order valence-electron chi connectivity index (χ4n) is 1.61. The second kappa shape index (κ2) is 6.25. The molecule has 1 heterocycles. The highest BCUT2D eigenvalue weighted by Crippen LogP contribution is 2.22. The summed E-state index contributed by atoms with van der Waals surface area (Å²) in [6.45, 7) is 1.98. The largest absolute Gasteiger partial charge is 0.353 e. The van der Waals surface area contributed by atoms with Crippen LogP contribution >= 0.6 is 11.5 Å². The third-order valence-electron chi connectivity index (χ3n) is 2.77. The van der Waals surface area contributed by atoms with Crippen LogP contribution < -0.4 is 4.90 Å². The molecule has 0 N–H and O–H groups in total. The fraction of sp³-hybridized carbons (Fsp3) is 0.385. The highest BCUT2D eigenvalue weighted by Gasteiger charge is 2.16. The molecule has 0 saturated heterocycles. The molecule has 1 aromatic carbocycles. The van der Waals surface area contributed by atoms with E-state index >= 15 is 0 Å². The summed E-state index contributed by atoms with van der Waals surface area (Å²) < 4.78 is 16.6. The van der Waals surface area contributed by atoms with Gasteiger partial charge in [-0.2, -0.15) is 4.37 Å². The maximum atomic E-state index is 12.3. The van der Waals surface area contributed by atoms with Crippen LogP contribution in [-0.4, -0.2) is 27.7 Å².